The Hall–Kier alpha value is -5.51. The molecule has 0 saturated heterocycles. The Balaban J connectivity index is 1.17. The van der Waals surface area contributed by atoms with E-state index in [1.165, 1.54) is 54.3 Å². The zero-order chi connectivity index (χ0) is 31.7. The van der Waals surface area contributed by atoms with Crippen molar-refractivity contribution in [3.8, 4) is 33.8 Å². The highest BCUT2D eigenvalue weighted by Crippen LogP contribution is 2.63. The Kier molecular flexibility index (Phi) is 6.19. The molecule has 0 atom stereocenters. The van der Waals surface area contributed by atoms with Crippen molar-refractivity contribution in [2.24, 2.45) is 0 Å². The van der Waals surface area contributed by atoms with Gasteiger partial charge in [-0.3, -0.25) is 0 Å². The summed E-state index contributed by atoms with van der Waals surface area (Å²) in [5, 5.41) is 1.06. The van der Waals surface area contributed by atoms with Gasteiger partial charge in [-0.1, -0.05) is 145 Å². The van der Waals surface area contributed by atoms with E-state index < -0.39 is 0 Å². The summed E-state index contributed by atoms with van der Waals surface area (Å²) >= 11 is 1.90. The fourth-order valence-corrected chi connectivity index (χ4v) is 9.38. The van der Waals surface area contributed by atoms with Gasteiger partial charge in [-0.25, -0.2) is 9.97 Å². The van der Waals surface area contributed by atoms with Gasteiger partial charge in [-0.2, -0.15) is 0 Å². The summed E-state index contributed by atoms with van der Waals surface area (Å²) < 4.78 is 0. The van der Waals surface area contributed by atoms with Crippen molar-refractivity contribution in [3.05, 3.63) is 186 Å². The van der Waals surface area contributed by atoms with E-state index in [9.17, 15) is 0 Å². The average Bonchev–Trinajstić information content (AvgIpc) is 3.45. The summed E-state index contributed by atoms with van der Waals surface area (Å²) in [5.41, 5.74) is 14.5. The molecular formula is C45H30N2S. The number of nitrogens with zero attached hydrogens (tertiary/aromatic N) is 2. The highest BCUT2D eigenvalue weighted by molar-refractivity contribution is 7.99. The average molecular weight is 631 g/mol. The van der Waals surface area contributed by atoms with Crippen LogP contribution in [0.15, 0.2) is 173 Å². The lowest BCUT2D eigenvalue weighted by Crippen LogP contribution is -2.33. The van der Waals surface area contributed by atoms with Crippen LogP contribution in [-0.2, 0) is 5.41 Å². The molecule has 1 spiro atoms. The molecule has 10 rings (SSSR count). The number of hydrogen-bond donors (Lipinski definition) is 0. The van der Waals surface area contributed by atoms with Crippen molar-refractivity contribution in [3.63, 3.8) is 0 Å². The van der Waals surface area contributed by atoms with Gasteiger partial charge in [-0.05, 0) is 81.6 Å². The molecule has 0 amide bonds. The third-order valence-electron chi connectivity index (χ3n) is 10.3. The van der Waals surface area contributed by atoms with Crippen molar-refractivity contribution in [2.45, 2.75) is 28.0 Å². The second-order valence-corrected chi connectivity index (χ2v) is 13.9. The van der Waals surface area contributed by atoms with E-state index in [2.05, 4.69) is 158 Å². The lowest BCUT2D eigenvalue weighted by molar-refractivity contribution is 0.664. The summed E-state index contributed by atoms with van der Waals surface area (Å²) in [4.78, 5) is 13.1. The van der Waals surface area contributed by atoms with Crippen LogP contribution in [0.25, 0.3) is 50.2 Å². The smallest absolute Gasteiger partial charge is 0.160 e. The number of allylic oxidation sites excluding steroid dienone is 4. The molecule has 2 heterocycles. The summed E-state index contributed by atoms with van der Waals surface area (Å²) in [7, 11) is 0. The van der Waals surface area contributed by atoms with Crippen LogP contribution >= 0.6 is 11.8 Å². The number of rotatable bonds is 3. The van der Waals surface area contributed by atoms with Crippen molar-refractivity contribution < 1.29 is 0 Å². The predicted octanol–water partition coefficient (Wildman–Crippen LogP) is 11.5. The third-order valence-corrected chi connectivity index (χ3v) is 11.4. The summed E-state index contributed by atoms with van der Waals surface area (Å²) in [6.07, 6.45) is 6.83. The third kappa shape index (κ3) is 4.01. The van der Waals surface area contributed by atoms with Crippen LogP contribution in [0.2, 0.25) is 0 Å². The molecule has 0 fully saturated rings. The fraction of sp³-hybridized carbons (Fsp3) is 0.0667. The monoisotopic (exact) mass is 630 g/mol. The van der Waals surface area contributed by atoms with Crippen molar-refractivity contribution >= 4 is 28.2 Å². The van der Waals surface area contributed by atoms with Crippen molar-refractivity contribution in [2.75, 3.05) is 0 Å². The largest absolute Gasteiger partial charge is 0.228 e. The van der Waals surface area contributed by atoms with Crippen LogP contribution in [0.5, 0.6) is 0 Å². The van der Waals surface area contributed by atoms with Gasteiger partial charge in [0, 0.05) is 26.3 Å². The van der Waals surface area contributed by atoms with Crippen LogP contribution < -0.4 is 0 Å². The van der Waals surface area contributed by atoms with E-state index in [-0.39, 0.29) is 5.41 Å². The number of benzene rings is 6. The van der Waals surface area contributed by atoms with Gasteiger partial charge in [0.15, 0.2) is 5.82 Å². The minimum absolute atomic E-state index is 0.300. The molecule has 48 heavy (non-hydrogen) atoms. The van der Waals surface area contributed by atoms with Gasteiger partial charge in [0.25, 0.3) is 0 Å². The topological polar surface area (TPSA) is 25.8 Å². The van der Waals surface area contributed by atoms with Crippen LogP contribution in [0, 0.1) is 0 Å². The Morgan fingerprint density at radius 1 is 0.542 bits per heavy atom. The molecule has 3 aliphatic rings. The first-order valence-corrected chi connectivity index (χ1v) is 17.5. The van der Waals surface area contributed by atoms with Crippen molar-refractivity contribution in [1.29, 1.82) is 0 Å². The van der Waals surface area contributed by atoms with E-state index >= 15 is 0 Å². The summed E-state index contributed by atoms with van der Waals surface area (Å²) in [6, 6.07) is 52.7. The van der Waals surface area contributed by atoms with Gasteiger partial charge in [0.05, 0.1) is 16.6 Å². The zero-order valence-electron chi connectivity index (χ0n) is 26.2. The van der Waals surface area contributed by atoms with Gasteiger partial charge in [0.1, 0.15) is 0 Å². The van der Waals surface area contributed by atoms with Crippen LogP contribution in [0.3, 0.4) is 0 Å². The number of fused-ring (bicyclic) bond motifs is 9. The lowest BCUT2D eigenvalue weighted by Gasteiger charge is -2.41. The predicted molar refractivity (Wildman–Crippen MR) is 198 cm³/mol. The van der Waals surface area contributed by atoms with Gasteiger partial charge in [-0.15, -0.1) is 0 Å². The maximum atomic E-state index is 5.30. The second kappa shape index (κ2) is 10.8. The second-order valence-electron chi connectivity index (χ2n) is 12.8. The molecule has 3 heteroatoms. The van der Waals surface area contributed by atoms with E-state index in [4.69, 9.17) is 9.97 Å². The SMILES string of the molecule is C1=CC2=C(CC1)C1(c3ccccc3Sc3ccccc31)c1ccc(-c3nc(-c4ccc(-c5ccccc5)cc4)nc4ccccc34)cc12. The molecule has 6 aromatic carbocycles. The van der Waals surface area contributed by atoms with Gasteiger partial charge >= 0.3 is 0 Å². The minimum Gasteiger partial charge on any atom is -0.228 e. The number of aromatic nitrogens is 2. The zero-order valence-corrected chi connectivity index (χ0v) is 27.0. The Bertz CT molecular complexity index is 2430. The molecular weight excluding hydrogens is 601 g/mol. The molecule has 0 saturated carbocycles. The molecule has 0 radical (unpaired) electrons. The maximum absolute atomic E-state index is 5.30. The normalized spacial score (nSPS) is 15.2. The first kappa shape index (κ1) is 27.6. The Morgan fingerprint density at radius 2 is 1.19 bits per heavy atom. The minimum atomic E-state index is -0.300. The van der Waals surface area contributed by atoms with Crippen LogP contribution in [0.4, 0.5) is 0 Å². The highest BCUT2D eigenvalue weighted by atomic mass is 32.2. The quantitative estimate of drug-likeness (QED) is 0.194. The summed E-state index contributed by atoms with van der Waals surface area (Å²) in [6.45, 7) is 0. The molecule has 1 aliphatic heterocycles. The standard InChI is InChI=1S/C45H30N2S/c1-2-12-29(13-3-1)30-22-24-31(25-23-30)44-46-40-19-9-5-15-34(40)43(47-44)32-26-27-37-35(28-32)33-14-4-6-16-36(33)45(37)38-17-7-10-20-41(38)48-42-21-11-8-18-39(42)45/h1-5,7-15,17-28H,6,16H2. The molecule has 2 aliphatic carbocycles. The van der Waals surface area contributed by atoms with Gasteiger partial charge in [0.2, 0.25) is 0 Å². The number of para-hydroxylation sites is 1. The lowest BCUT2D eigenvalue weighted by atomic mass is 9.65. The van der Waals surface area contributed by atoms with E-state index in [1.807, 2.05) is 11.8 Å². The Morgan fingerprint density at radius 3 is 1.98 bits per heavy atom. The molecule has 0 unspecified atom stereocenters. The molecule has 0 bridgehead atoms. The fourth-order valence-electron chi connectivity index (χ4n) is 8.19. The van der Waals surface area contributed by atoms with Crippen LogP contribution in [-0.4, -0.2) is 9.97 Å². The maximum Gasteiger partial charge on any atom is 0.160 e. The summed E-state index contributed by atoms with van der Waals surface area (Å²) in [5.74, 6) is 0.741. The number of hydrogen-bond acceptors (Lipinski definition) is 3. The van der Waals surface area contributed by atoms with Crippen LogP contribution in [0.1, 0.15) is 35.1 Å². The molecule has 226 valence electrons. The highest BCUT2D eigenvalue weighted by Gasteiger charge is 2.51. The van der Waals surface area contributed by atoms with Crippen molar-refractivity contribution in [1.82, 2.24) is 9.97 Å². The molecule has 7 aromatic rings. The molecule has 0 N–H and O–H groups in total. The van der Waals surface area contributed by atoms with E-state index in [0.29, 0.717) is 0 Å². The van der Waals surface area contributed by atoms with E-state index in [1.54, 1.807) is 0 Å². The molecule has 1 aromatic heterocycles. The van der Waals surface area contributed by atoms with Gasteiger partial charge < -0.3 is 0 Å². The molecule has 2 nitrogen and oxygen atoms in total. The Labute approximate surface area is 284 Å². The first-order chi connectivity index (χ1) is 23.8. The first-order valence-electron chi connectivity index (χ1n) is 16.6. The van der Waals surface area contributed by atoms with E-state index in [0.717, 1.165) is 46.4 Å².